The van der Waals surface area contributed by atoms with E-state index in [4.69, 9.17) is 9.47 Å². The van der Waals surface area contributed by atoms with Gasteiger partial charge in [0.05, 0.1) is 18.9 Å². The van der Waals surface area contributed by atoms with E-state index >= 15 is 0 Å². The van der Waals surface area contributed by atoms with E-state index in [1.165, 1.54) is 13.1 Å². The molecule has 1 saturated heterocycles. The number of benzene rings is 2. The minimum Gasteiger partial charge on any atom is -0.489 e. The molecule has 1 unspecified atom stereocenters. The van der Waals surface area contributed by atoms with E-state index in [0.717, 1.165) is 6.07 Å². The van der Waals surface area contributed by atoms with E-state index in [1.54, 1.807) is 41.3 Å². The lowest BCUT2D eigenvalue weighted by molar-refractivity contribution is -0.144. The molecule has 3 aromatic rings. The van der Waals surface area contributed by atoms with Gasteiger partial charge in [0.25, 0.3) is 5.91 Å². The molecule has 0 radical (unpaired) electrons. The molecule has 0 bridgehead atoms. The lowest BCUT2D eigenvalue weighted by Gasteiger charge is -2.31. The number of carboxylic acids is 1. The van der Waals surface area contributed by atoms with E-state index in [2.05, 4.69) is 10.3 Å². The Kier molecular flexibility index (Phi) is 8.59. The first-order chi connectivity index (χ1) is 18.2. The number of pyridine rings is 1. The number of hydrogen-bond acceptors (Lipinski definition) is 6. The van der Waals surface area contributed by atoms with Crippen molar-refractivity contribution in [2.24, 2.45) is 0 Å². The molecule has 2 heterocycles. The number of carboxylic acid groups (broad SMARTS) is 1. The molecule has 1 aliphatic rings. The van der Waals surface area contributed by atoms with Crippen molar-refractivity contribution < 1.29 is 37.3 Å². The van der Waals surface area contributed by atoms with Crippen molar-refractivity contribution >= 4 is 11.9 Å². The molecule has 11 heteroatoms. The van der Waals surface area contributed by atoms with Crippen LogP contribution in [0.3, 0.4) is 0 Å². The van der Waals surface area contributed by atoms with Crippen molar-refractivity contribution in [2.75, 3.05) is 32.8 Å². The highest BCUT2D eigenvalue weighted by atomic mass is 19.2. The molecule has 1 fully saturated rings. The van der Waals surface area contributed by atoms with Crippen LogP contribution in [0.15, 0.2) is 48.7 Å². The third-order valence-electron chi connectivity index (χ3n) is 6.26. The van der Waals surface area contributed by atoms with E-state index in [-0.39, 0.29) is 30.0 Å². The van der Waals surface area contributed by atoms with E-state index < -0.39 is 35.4 Å². The van der Waals surface area contributed by atoms with Gasteiger partial charge in [-0.1, -0.05) is 0 Å². The molecule has 0 saturated carbocycles. The summed E-state index contributed by atoms with van der Waals surface area (Å²) in [6.45, 7) is 3.26. The molecule has 1 atom stereocenters. The smallest absolute Gasteiger partial charge is 0.322 e. The highest BCUT2D eigenvalue weighted by Crippen LogP contribution is 2.28. The summed E-state index contributed by atoms with van der Waals surface area (Å²) < 4.78 is 52.2. The van der Waals surface area contributed by atoms with Crippen molar-refractivity contribution in [3.8, 4) is 17.0 Å². The molecule has 2 N–H and O–H groups in total. The lowest BCUT2D eigenvalue weighted by Crippen LogP contribution is -2.52. The van der Waals surface area contributed by atoms with Gasteiger partial charge in [-0.3, -0.25) is 19.5 Å². The van der Waals surface area contributed by atoms with Gasteiger partial charge in [-0.25, -0.2) is 13.2 Å². The fraction of sp³-hybridized carbons (Fsp3) is 0.296. The Labute approximate surface area is 217 Å². The summed E-state index contributed by atoms with van der Waals surface area (Å²) in [6.07, 6.45) is 1.46. The molecule has 0 aliphatic carbocycles. The minimum absolute atomic E-state index is 0.0435. The second kappa shape index (κ2) is 12.1. The summed E-state index contributed by atoms with van der Waals surface area (Å²) in [4.78, 5) is 30.1. The molecule has 2 aromatic carbocycles. The van der Waals surface area contributed by atoms with Crippen LogP contribution in [-0.2, 0) is 16.1 Å². The molecule has 1 aliphatic heterocycles. The van der Waals surface area contributed by atoms with Crippen molar-refractivity contribution in [1.82, 2.24) is 15.2 Å². The fourth-order valence-corrected chi connectivity index (χ4v) is 4.09. The number of nitrogens with one attached hydrogen (secondary N) is 1. The lowest BCUT2D eigenvalue weighted by atomic mass is 10.0. The first kappa shape index (κ1) is 27.1. The van der Waals surface area contributed by atoms with Crippen molar-refractivity contribution in [3.05, 3.63) is 82.8 Å². The number of ether oxygens (including phenoxy) is 2. The summed E-state index contributed by atoms with van der Waals surface area (Å²) in [6, 6.07) is 9.64. The van der Waals surface area contributed by atoms with Gasteiger partial charge in [-0.2, -0.15) is 0 Å². The predicted molar refractivity (Wildman–Crippen MR) is 131 cm³/mol. The van der Waals surface area contributed by atoms with Gasteiger partial charge in [0.2, 0.25) is 0 Å². The van der Waals surface area contributed by atoms with Crippen LogP contribution >= 0.6 is 0 Å². The number of hydrogen-bond donors (Lipinski definition) is 2. The molecule has 4 rings (SSSR count). The Hall–Kier alpha value is -3.96. The Morgan fingerprint density at radius 1 is 1.11 bits per heavy atom. The normalized spacial score (nSPS) is 14.6. The number of nitrogens with zero attached hydrogens (tertiary/aromatic N) is 2. The van der Waals surface area contributed by atoms with Gasteiger partial charge in [0.15, 0.2) is 17.5 Å². The van der Waals surface area contributed by atoms with Gasteiger partial charge in [0.1, 0.15) is 18.4 Å². The van der Waals surface area contributed by atoms with E-state index in [9.17, 15) is 27.9 Å². The standard InChI is InChI=1S/C27H26F3N3O5/c1-16-20(13-21(28)25(30)24(16)29)22-12-17(6-7-31-22)15-38-19-4-2-18(3-5-19)26(34)32-14-23(27(35)36)33-8-10-37-11-9-33/h2-7,12-13,23H,8-11,14-15H2,1H3,(H,32,34)(H,35,36). The van der Waals surface area contributed by atoms with Gasteiger partial charge < -0.3 is 19.9 Å². The van der Waals surface area contributed by atoms with E-state index in [0.29, 0.717) is 43.2 Å². The molecular weight excluding hydrogens is 503 g/mol. The second-order valence-electron chi connectivity index (χ2n) is 8.73. The summed E-state index contributed by atoms with van der Waals surface area (Å²) in [5, 5.41) is 12.2. The Balaban J connectivity index is 1.35. The molecule has 1 amide bonds. The van der Waals surface area contributed by atoms with Crippen LogP contribution in [0.5, 0.6) is 5.75 Å². The Bertz CT molecular complexity index is 1310. The average molecular weight is 530 g/mol. The Morgan fingerprint density at radius 2 is 1.82 bits per heavy atom. The Morgan fingerprint density at radius 3 is 2.50 bits per heavy atom. The van der Waals surface area contributed by atoms with Crippen LogP contribution in [0.25, 0.3) is 11.3 Å². The zero-order chi connectivity index (χ0) is 27.2. The van der Waals surface area contributed by atoms with Crippen LogP contribution in [0.1, 0.15) is 21.5 Å². The predicted octanol–water partition coefficient (Wildman–Crippen LogP) is 3.57. The zero-order valence-electron chi connectivity index (χ0n) is 20.5. The summed E-state index contributed by atoms with van der Waals surface area (Å²) in [5.74, 6) is -5.04. The number of rotatable bonds is 9. The van der Waals surface area contributed by atoms with Gasteiger partial charge in [-0.05, 0) is 60.5 Å². The second-order valence-corrected chi connectivity index (χ2v) is 8.73. The summed E-state index contributed by atoms with van der Waals surface area (Å²) in [5.41, 5.74) is 1.35. The summed E-state index contributed by atoms with van der Waals surface area (Å²) >= 11 is 0. The quantitative estimate of drug-likeness (QED) is 0.409. The third-order valence-corrected chi connectivity index (χ3v) is 6.26. The average Bonchev–Trinajstić information content (AvgIpc) is 2.93. The minimum atomic E-state index is -1.53. The fourth-order valence-electron chi connectivity index (χ4n) is 4.09. The van der Waals surface area contributed by atoms with E-state index in [1.807, 2.05) is 0 Å². The van der Waals surface area contributed by atoms with Crippen molar-refractivity contribution in [1.29, 1.82) is 0 Å². The largest absolute Gasteiger partial charge is 0.489 e. The SMILES string of the molecule is Cc1c(-c2cc(COc3ccc(C(=O)NCC(C(=O)O)N4CCOCC4)cc3)ccn2)cc(F)c(F)c1F. The highest BCUT2D eigenvalue weighted by Gasteiger charge is 2.27. The maximum Gasteiger partial charge on any atom is 0.322 e. The monoisotopic (exact) mass is 529 g/mol. The van der Waals surface area contributed by atoms with Gasteiger partial charge in [-0.15, -0.1) is 0 Å². The molecule has 1 aromatic heterocycles. The van der Waals surface area contributed by atoms with Gasteiger partial charge >= 0.3 is 5.97 Å². The molecule has 200 valence electrons. The van der Waals surface area contributed by atoms with Crippen LogP contribution in [0, 0.1) is 24.4 Å². The number of amides is 1. The van der Waals surface area contributed by atoms with Crippen molar-refractivity contribution in [2.45, 2.75) is 19.6 Å². The molecular formula is C27H26F3N3O5. The molecule has 8 nitrogen and oxygen atoms in total. The van der Waals surface area contributed by atoms with Crippen LogP contribution in [-0.4, -0.2) is 65.8 Å². The zero-order valence-corrected chi connectivity index (χ0v) is 20.5. The highest BCUT2D eigenvalue weighted by molar-refractivity contribution is 5.94. The maximum atomic E-state index is 14.0. The first-order valence-corrected chi connectivity index (χ1v) is 11.9. The third kappa shape index (κ3) is 6.29. The number of carbonyl (C=O) groups excluding carboxylic acids is 1. The summed E-state index contributed by atoms with van der Waals surface area (Å²) in [7, 11) is 0. The molecule has 38 heavy (non-hydrogen) atoms. The number of morpholine rings is 1. The topological polar surface area (TPSA) is 101 Å². The van der Waals surface area contributed by atoms with Crippen LogP contribution < -0.4 is 10.1 Å². The van der Waals surface area contributed by atoms with Crippen LogP contribution in [0.4, 0.5) is 13.2 Å². The molecule has 0 spiro atoms. The number of aliphatic carboxylic acids is 1. The number of halogens is 3. The van der Waals surface area contributed by atoms with Crippen LogP contribution in [0.2, 0.25) is 0 Å². The van der Waals surface area contributed by atoms with Crippen molar-refractivity contribution in [3.63, 3.8) is 0 Å². The number of carbonyl (C=O) groups is 2. The first-order valence-electron chi connectivity index (χ1n) is 11.9. The van der Waals surface area contributed by atoms with Gasteiger partial charge in [0, 0.05) is 37.0 Å². The number of aromatic nitrogens is 1. The maximum absolute atomic E-state index is 14.0.